The van der Waals surface area contributed by atoms with E-state index in [1.165, 1.54) is 14.0 Å². The van der Waals surface area contributed by atoms with Crippen LogP contribution in [-0.4, -0.2) is 44.3 Å². The molecule has 1 fully saturated rings. The topological polar surface area (TPSA) is 73.9 Å². The van der Waals surface area contributed by atoms with E-state index in [-0.39, 0.29) is 24.1 Å². The standard InChI is InChI=1S/C15H19NO5/c1-10(17)21-14-7-12(16-8-14)9-20-13-5-3-11(4-6-13)15(18)19-2/h3-6,12,14,16H,7-9H2,1-2H3/t12?,14-/m0/s1. The summed E-state index contributed by atoms with van der Waals surface area (Å²) in [5, 5.41) is 3.24. The Labute approximate surface area is 123 Å². The maximum Gasteiger partial charge on any atom is 0.337 e. The van der Waals surface area contributed by atoms with Crippen molar-refractivity contribution in [2.75, 3.05) is 20.3 Å². The van der Waals surface area contributed by atoms with E-state index < -0.39 is 0 Å². The second-order valence-corrected chi connectivity index (χ2v) is 4.90. The first kappa shape index (κ1) is 15.3. The molecule has 1 N–H and O–H groups in total. The first-order valence-electron chi connectivity index (χ1n) is 6.80. The molecule has 1 unspecified atom stereocenters. The van der Waals surface area contributed by atoms with E-state index in [0.29, 0.717) is 24.5 Å². The number of esters is 2. The maximum absolute atomic E-state index is 11.3. The number of carbonyl (C=O) groups excluding carboxylic acids is 2. The van der Waals surface area contributed by atoms with Crippen molar-refractivity contribution in [3.8, 4) is 5.75 Å². The van der Waals surface area contributed by atoms with E-state index in [4.69, 9.17) is 9.47 Å². The summed E-state index contributed by atoms with van der Waals surface area (Å²) in [4.78, 5) is 22.2. The van der Waals surface area contributed by atoms with Gasteiger partial charge in [0, 0.05) is 25.9 Å². The maximum atomic E-state index is 11.3. The molecule has 2 atom stereocenters. The predicted octanol–water partition coefficient (Wildman–Crippen LogP) is 1.15. The SMILES string of the molecule is COC(=O)c1ccc(OCC2C[C@H](OC(C)=O)CN2)cc1. The molecule has 1 aromatic carbocycles. The molecule has 1 aromatic rings. The molecule has 0 spiro atoms. The Bertz CT molecular complexity index is 499. The summed E-state index contributed by atoms with van der Waals surface area (Å²) >= 11 is 0. The number of hydrogen-bond donors (Lipinski definition) is 1. The molecule has 0 aromatic heterocycles. The van der Waals surface area contributed by atoms with Gasteiger partial charge in [0.1, 0.15) is 18.5 Å². The van der Waals surface area contributed by atoms with Crippen LogP contribution in [0, 0.1) is 0 Å². The molecule has 114 valence electrons. The van der Waals surface area contributed by atoms with Crippen molar-refractivity contribution in [3.63, 3.8) is 0 Å². The summed E-state index contributed by atoms with van der Waals surface area (Å²) in [5.41, 5.74) is 0.485. The minimum Gasteiger partial charge on any atom is -0.492 e. The molecule has 0 radical (unpaired) electrons. The van der Waals surface area contributed by atoms with Gasteiger partial charge in [-0.15, -0.1) is 0 Å². The van der Waals surface area contributed by atoms with Crippen molar-refractivity contribution >= 4 is 11.9 Å². The van der Waals surface area contributed by atoms with Gasteiger partial charge in [0.2, 0.25) is 0 Å². The van der Waals surface area contributed by atoms with Gasteiger partial charge in [-0.1, -0.05) is 0 Å². The molecule has 6 nitrogen and oxygen atoms in total. The van der Waals surface area contributed by atoms with Crippen LogP contribution >= 0.6 is 0 Å². The van der Waals surface area contributed by atoms with Gasteiger partial charge in [-0.25, -0.2) is 4.79 Å². The number of ether oxygens (including phenoxy) is 3. The molecular formula is C15H19NO5. The van der Waals surface area contributed by atoms with Gasteiger partial charge >= 0.3 is 11.9 Å². The average molecular weight is 293 g/mol. The zero-order chi connectivity index (χ0) is 15.2. The van der Waals surface area contributed by atoms with E-state index in [1.807, 2.05) is 0 Å². The third kappa shape index (κ3) is 4.46. The lowest BCUT2D eigenvalue weighted by molar-refractivity contribution is -0.145. The molecule has 0 amide bonds. The number of methoxy groups -OCH3 is 1. The normalized spacial score (nSPS) is 20.9. The molecule has 1 heterocycles. The van der Waals surface area contributed by atoms with E-state index in [9.17, 15) is 9.59 Å². The number of carbonyl (C=O) groups is 2. The Balaban J connectivity index is 1.78. The van der Waals surface area contributed by atoms with Crippen LogP contribution in [0.25, 0.3) is 0 Å². The van der Waals surface area contributed by atoms with Gasteiger partial charge in [0.05, 0.1) is 12.7 Å². The molecule has 1 aliphatic rings. The fraction of sp³-hybridized carbons (Fsp3) is 0.467. The summed E-state index contributed by atoms with van der Waals surface area (Å²) in [5.74, 6) is 0.0467. The molecule has 0 bridgehead atoms. The minimum atomic E-state index is -0.372. The third-order valence-electron chi connectivity index (χ3n) is 3.24. The summed E-state index contributed by atoms with van der Waals surface area (Å²) in [6.07, 6.45) is 0.651. The van der Waals surface area contributed by atoms with Crippen LogP contribution in [-0.2, 0) is 14.3 Å². The van der Waals surface area contributed by atoms with E-state index in [1.54, 1.807) is 24.3 Å². The second kappa shape index (κ2) is 7.08. The highest BCUT2D eigenvalue weighted by Crippen LogP contribution is 2.16. The predicted molar refractivity (Wildman–Crippen MR) is 75.2 cm³/mol. The van der Waals surface area contributed by atoms with Crippen LogP contribution in [0.3, 0.4) is 0 Å². The van der Waals surface area contributed by atoms with Crippen LogP contribution in [0.15, 0.2) is 24.3 Å². The van der Waals surface area contributed by atoms with Crippen molar-refractivity contribution in [3.05, 3.63) is 29.8 Å². The molecule has 6 heteroatoms. The smallest absolute Gasteiger partial charge is 0.337 e. The Kier molecular flexibility index (Phi) is 5.16. The summed E-state index contributed by atoms with van der Waals surface area (Å²) < 4.78 is 15.4. The molecule has 1 aliphatic heterocycles. The quantitative estimate of drug-likeness (QED) is 0.821. The van der Waals surface area contributed by atoms with E-state index >= 15 is 0 Å². The van der Waals surface area contributed by atoms with Gasteiger partial charge in [0.15, 0.2) is 0 Å². The monoisotopic (exact) mass is 293 g/mol. The molecule has 0 saturated carbocycles. The number of nitrogens with one attached hydrogen (secondary N) is 1. The highest BCUT2D eigenvalue weighted by atomic mass is 16.5. The van der Waals surface area contributed by atoms with Crippen molar-refractivity contribution < 1.29 is 23.8 Å². The van der Waals surface area contributed by atoms with Crippen LogP contribution in [0.5, 0.6) is 5.75 Å². The lowest BCUT2D eigenvalue weighted by atomic mass is 10.2. The fourth-order valence-electron chi connectivity index (χ4n) is 2.24. The summed E-state index contributed by atoms with van der Waals surface area (Å²) in [6.45, 7) is 2.54. The van der Waals surface area contributed by atoms with Gasteiger partial charge in [-0.3, -0.25) is 4.79 Å². The van der Waals surface area contributed by atoms with Gasteiger partial charge in [-0.2, -0.15) is 0 Å². The highest BCUT2D eigenvalue weighted by molar-refractivity contribution is 5.89. The van der Waals surface area contributed by atoms with Crippen molar-refractivity contribution in [1.29, 1.82) is 0 Å². The van der Waals surface area contributed by atoms with Gasteiger partial charge in [0.25, 0.3) is 0 Å². The Morgan fingerprint density at radius 3 is 2.62 bits per heavy atom. The molecular weight excluding hydrogens is 274 g/mol. The van der Waals surface area contributed by atoms with E-state index in [0.717, 1.165) is 6.42 Å². The third-order valence-corrected chi connectivity index (χ3v) is 3.24. The second-order valence-electron chi connectivity index (χ2n) is 4.90. The average Bonchev–Trinajstić information content (AvgIpc) is 2.91. The lowest BCUT2D eigenvalue weighted by Gasteiger charge is -2.12. The Hall–Kier alpha value is -2.08. The van der Waals surface area contributed by atoms with Gasteiger partial charge in [-0.05, 0) is 24.3 Å². The lowest BCUT2D eigenvalue weighted by Crippen LogP contribution is -2.28. The molecule has 0 aliphatic carbocycles. The summed E-state index contributed by atoms with van der Waals surface area (Å²) in [6, 6.07) is 6.92. The highest BCUT2D eigenvalue weighted by Gasteiger charge is 2.26. The van der Waals surface area contributed by atoms with E-state index in [2.05, 4.69) is 10.1 Å². The van der Waals surface area contributed by atoms with Crippen LogP contribution in [0.2, 0.25) is 0 Å². The fourth-order valence-corrected chi connectivity index (χ4v) is 2.24. The molecule has 2 rings (SSSR count). The largest absolute Gasteiger partial charge is 0.492 e. The zero-order valence-corrected chi connectivity index (χ0v) is 12.1. The Morgan fingerprint density at radius 2 is 2.00 bits per heavy atom. The zero-order valence-electron chi connectivity index (χ0n) is 12.1. The first-order chi connectivity index (χ1) is 10.1. The summed E-state index contributed by atoms with van der Waals surface area (Å²) in [7, 11) is 1.35. The van der Waals surface area contributed by atoms with Crippen molar-refractivity contribution in [2.45, 2.75) is 25.5 Å². The number of hydrogen-bond acceptors (Lipinski definition) is 6. The number of benzene rings is 1. The minimum absolute atomic E-state index is 0.0854. The van der Waals surface area contributed by atoms with Gasteiger partial charge < -0.3 is 19.5 Å². The van der Waals surface area contributed by atoms with Crippen LogP contribution in [0.1, 0.15) is 23.7 Å². The van der Waals surface area contributed by atoms with Crippen molar-refractivity contribution in [2.24, 2.45) is 0 Å². The van der Waals surface area contributed by atoms with Crippen molar-refractivity contribution in [1.82, 2.24) is 5.32 Å². The van der Waals surface area contributed by atoms with Crippen LogP contribution < -0.4 is 10.1 Å². The Morgan fingerprint density at radius 1 is 1.29 bits per heavy atom. The molecule has 21 heavy (non-hydrogen) atoms. The molecule has 1 saturated heterocycles. The van der Waals surface area contributed by atoms with Crippen LogP contribution in [0.4, 0.5) is 0 Å². The first-order valence-corrected chi connectivity index (χ1v) is 6.80. The number of rotatable bonds is 5.